The molecule has 2 fully saturated rings. The molecule has 26 heavy (non-hydrogen) atoms. The Bertz CT molecular complexity index is 767. The molecule has 0 unspecified atom stereocenters. The van der Waals surface area contributed by atoms with Crippen LogP contribution in [0.15, 0.2) is 36.4 Å². The Morgan fingerprint density at radius 1 is 1.08 bits per heavy atom. The molecule has 6 heteroatoms. The minimum Gasteiger partial charge on any atom is -0.378 e. The monoisotopic (exact) mass is 354 g/mol. The van der Waals surface area contributed by atoms with Crippen molar-refractivity contribution in [1.29, 1.82) is 0 Å². The van der Waals surface area contributed by atoms with Gasteiger partial charge >= 0.3 is 6.03 Å². The number of ether oxygens (including phenoxy) is 1. The highest BCUT2D eigenvalue weighted by Gasteiger charge is 2.29. The number of para-hydroxylation sites is 1. The van der Waals surface area contributed by atoms with Crippen LogP contribution in [0.5, 0.6) is 0 Å². The normalized spacial score (nSPS) is 19.0. The van der Waals surface area contributed by atoms with E-state index in [1.54, 1.807) is 0 Å². The molecule has 2 aromatic rings. The Balaban J connectivity index is 1.37. The van der Waals surface area contributed by atoms with E-state index in [1.165, 1.54) is 5.39 Å². The van der Waals surface area contributed by atoms with Gasteiger partial charge in [-0.1, -0.05) is 18.2 Å². The lowest BCUT2D eigenvalue weighted by atomic mass is 10.0. The summed E-state index contributed by atoms with van der Waals surface area (Å²) in [5, 5.41) is 1.17. The number of morpholine rings is 1. The highest BCUT2D eigenvalue weighted by molar-refractivity contribution is 5.80. The molecule has 0 radical (unpaired) electrons. The Morgan fingerprint density at radius 2 is 1.81 bits per heavy atom. The van der Waals surface area contributed by atoms with Crippen LogP contribution >= 0.6 is 0 Å². The van der Waals surface area contributed by atoms with Crippen LogP contribution < -0.4 is 4.90 Å². The van der Waals surface area contributed by atoms with Gasteiger partial charge in [0, 0.05) is 44.7 Å². The molecule has 0 bridgehead atoms. The third-order valence-corrected chi connectivity index (χ3v) is 5.50. The Hall–Kier alpha value is -2.34. The number of hydrogen-bond acceptors (Lipinski definition) is 4. The van der Waals surface area contributed by atoms with Crippen molar-refractivity contribution in [3.05, 3.63) is 36.4 Å². The molecule has 2 aliphatic rings. The van der Waals surface area contributed by atoms with Crippen molar-refractivity contribution in [3.8, 4) is 0 Å². The first-order valence-electron chi connectivity index (χ1n) is 9.42. The average Bonchev–Trinajstić information content (AvgIpc) is 2.73. The second-order valence-electron chi connectivity index (χ2n) is 7.07. The van der Waals surface area contributed by atoms with Crippen molar-refractivity contribution in [2.45, 2.75) is 18.9 Å². The number of hydrogen-bond donors (Lipinski definition) is 0. The van der Waals surface area contributed by atoms with Crippen LogP contribution in [0.4, 0.5) is 10.6 Å². The number of anilines is 1. The van der Waals surface area contributed by atoms with E-state index in [0.29, 0.717) is 32.3 Å². The highest BCUT2D eigenvalue weighted by atomic mass is 16.5. The molecule has 138 valence electrons. The number of rotatable bonds is 2. The van der Waals surface area contributed by atoms with Gasteiger partial charge in [-0.05, 0) is 31.0 Å². The quantitative estimate of drug-likeness (QED) is 0.832. The maximum absolute atomic E-state index is 12.7. The molecule has 2 aliphatic heterocycles. The highest BCUT2D eigenvalue weighted by Crippen LogP contribution is 2.23. The van der Waals surface area contributed by atoms with Crippen LogP contribution in [0, 0.1) is 0 Å². The Kier molecular flexibility index (Phi) is 4.93. The van der Waals surface area contributed by atoms with Gasteiger partial charge in [0.2, 0.25) is 0 Å². The topological polar surface area (TPSA) is 48.9 Å². The minimum atomic E-state index is 0.135. The van der Waals surface area contributed by atoms with Gasteiger partial charge in [-0.3, -0.25) is 0 Å². The van der Waals surface area contributed by atoms with Gasteiger partial charge < -0.3 is 19.4 Å². The third kappa shape index (κ3) is 3.46. The van der Waals surface area contributed by atoms with Crippen molar-refractivity contribution >= 4 is 22.8 Å². The van der Waals surface area contributed by atoms with E-state index < -0.39 is 0 Å². The Labute approximate surface area is 154 Å². The zero-order chi connectivity index (χ0) is 17.9. The van der Waals surface area contributed by atoms with E-state index in [2.05, 4.69) is 29.2 Å². The number of urea groups is 1. The maximum Gasteiger partial charge on any atom is 0.320 e. The van der Waals surface area contributed by atoms with Crippen LogP contribution in [0.2, 0.25) is 0 Å². The van der Waals surface area contributed by atoms with Gasteiger partial charge in [0.15, 0.2) is 0 Å². The van der Waals surface area contributed by atoms with Crippen molar-refractivity contribution in [2.24, 2.45) is 0 Å². The number of amides is 2. The lowest BCUT2D eigenvalue weighted by Crippen LogP contribution is -2.52. The van der Waals surface area contributed by atoms with E-state index in [1.807, 2.05) is 29.0 Å². The molecule has 0 spiro atoms. The fourth-order valence-corrected chi connectivity index (χ4v) is 3.85. The van der Waals surface area contributed by atoms with Gasteiger partial charge in [0.05, 0.1) is 18.7 Å². The van der Waals surface area contributed by atoms with E-state index in [0.717, 1.165) is 37.3 Å². The first kappa shape index (κ1) is 17.1. The lowest BCUT2D eigenvalue weighted by molar-refractivity contribution is 0.0409. The van der Waals surface area contributed by atoms with Crippen molar-refractivity contribution < 1.29 is 9.53 Å². The summed E-state index contributed by atoms with van der Waals surface area (Å²) in [6.07, 6.45) is 1.95. The van der Waals surface area contributed by atoms with E-state index in [4.69, 9.17) is 9.72 Å². The second kappa shape index (κ2) is 7.50. The largest absolute Gasteiger partial charge is 0.378 e. The smallest absolute Gasteiger partial charge is 0.320 e. The summed E-state index contributed by atoms with van der Waals surface area (Å²) in [7, 11) is 1.94. The van der Waals surface area contributed by atoms with Crippen LogP contribution in [0.1, 0.15) is 12.8 Å². The maximum atomic E-state index is 12.7. The standard InChI is InChI=1S/C20H26N4O2/c1-22(20(25)24-12-14-26-15-13-24)17-8-10-23(11-9-17)19-7-6-16-4-2-3-5-18(16)21-19/h2-7,17H,8-15H2,1H3. The minimum absolute atomic E-state index is 0.135. The third-order valence-electron chi connectivity index (χ3n) is 5.50. The zero-order valence-corrected chi connectivity index (χ0v) is 15.3. The summed E-state index contributed by atoms with van der Waals surface area (Å²) in [6.45, 7) is 4.54. The van der Waals surface area contributed by atoms with Gasteiger partial charge in [-0.2, -0.15) is 0 Å². The predicted molar refractivity (Wildman–Crippen MR) is 103 cm³/mol. The number of fused-ring (bicyclic) bond motifs is 1. The van der Waals surface area contributed by atoms with Crippen LogP contribution in [0.3, 0.4) is 0 Å². The van der Waals surface area contributed by atoms with Crippen LogP contribution in [0.25, 0.3) is 10.9 Å². The fraction of sp³-hybridized carbons (Fsp3) is 0.500. The number of carbonyl (C=O) groups is 1. The van der Waals surface area contributed by atoms with E-state index in [9.17, 15) is 4.79 Å². The Morgan fingerprint density at radius 3 is 2.58 bits per heavy atom. The average molecular weight is 354 g/mol. The van der Waals surface area contributed by atoms with Gasteiger partial charge in [0.25, 0.3) is 0 Å². The summed E-state index contributed by atoms with van der Waals surface area (Å²) in [4.78, 5) is 23.6. The zero-order valence-electron chi connectivity index (χ0n) is 15.3. The number of pyridine rings is 1. The second-order valence-corrected chi connectivity index (χ2v) is 7.07. The summed E-state index contributed by atoms with van der Waals surface area (Å²) in [5.41, 5.74) is 1.03. The summed E-state index contributed by atoms with van der Waals surface area (Å²) < 4.78 is 5.34. The number of aromatic nitrogens is 1. The molecule has 1 aromatic carbocycles. The molecule has 0 saturated carbocycles. The molecule has 1 aromatic heterocycles. The van der Waals surface area contributed by atoms with E-state index >= 15 is 0 Å². The van der Waals surface area contributed by atoms with E-state index in [-0.39, 0.29) is 6.03 Å². The summed E-state index contributed by atoms with van der Waals surface area (Å²) in [5.74, 6) is 1.03. The van der Waals surface area contributed by atoms with Crippen LogP contribution in [-0.4, -0.2) is 73.3 Å². The molecule has 0 aliphatic carbocycles. The van der Waals surface area contributed by atoms with Gasteiger partial charge in [-0.25, -0.2) is 9.78 Å². The molecular formula is C20H26N4O2. The van der Waals surface area contributed by atoms with Gasteiger partial charge in [0.1, 0.15) is 5.82 Å². The fourth-order valence-electron chi connectivity index (χ4n) is 3.85. The summed E-state index contributed by atoms with van der Waals surface area (Å²) >= 11 is 0. The molecule has 2 saturated heterocycles. The molecule has 4 rings (SSSR count). The molecule has 3 heterocycles. The molecule has 0 atom stereocenters. The molecule has 2 amide bonds. The number of nitrogens with zero attached hydrogens (tertiary/aromatic N) is 4. The van der Waals surface area contributed by atoms with Crippen molar-refractivity contribution in [1.82, 2.24) is 14.8 Å². The number of benzene rings is 1. The van der Waals surface area contributed by atoms with Crippen molar-refractivity contribution in [2.75, 3.05) is 51.3 Å². The molecular weight excluding hydrogens is 328 g/mol. The molecule has 0 N–H and O–H groups in total. The summed E-state index contributed by atoms with van der Waals surface area (Å²) in [6, 6.07) is 12.9. The lowest BCUT2D eigenvalue weighted by Gasteiger charge is -2.39. The molecule has 6 nitrogen and oxygen atoms in total. The first-order valence-corrected chi connectivity index (χ1v) is 9.42. The van der Waals surface area contributed by atoms with Gasteiger partial charge in [-0.15, -0.1) is 0 Å². The van der Waals surface area contributed by atoms with Crippen LogP contribution in [-0.2, 0) is 4.74 Å². The number of piperidine rings is 1. The first-order chi connectivity index (χ1) is 12.7. The van der Waals surface area contributed by atoms with Crippen molar-refractivity contribution in [3.63, 3.8) is 0 Å². The number of carbonyl (C=O) groups excluding carboxylic acids is 1. The predicted octanol–water partition coefficient (Wildman–Crippen LogP) is 2.59. The SMILES string of the molecule is CN(C(=O)N1CCOCC1)C1CCN(c2ccc3ccccc3n2)CC1.